The smallest absolute Gasteiger partial charge is 0.329 e. The summed E-state index contributed by atoms with van der Waals surface area (Å²) in [7, 11) is 0. The van der Waals surface area contributed by atoms with Crippen LogP contribution in [-0.4, -0.2) is 39.4 Å². The number of carbonyl (C=O) groups is 3. The molecule has 0 heterocycles. The third kappa shape index (κ3) is 3.62. The monoisotopic (exact) mass is 321 g/mol. The third-order valence-corrected chi connectivity index (χ3v) is 3.58. The van der Waals surface area contributed by atoms with Crippen LogP contribution in [0.3, 0.4) is 0 Å². The molecule has 0 aromatic heterocycles. The second-order valence-corrected chi connectivity index (χ2v) is 5.38. The molecule has 1 aliphatic rings. The van der Waals surface area contributed by atoms with Crippen molar-refractivity contribution >= 4 is 23.5 Å². The van der Waals surface area contributed by atoms with Gasteiger partial charge in [-0.3, -0.25) is 19.7 Å². The van der Waals surface area contributed by atoms with Crippen LogP contribution < -0.4 is 10.6 Å². The summed E-state index contributed by atoms with van der Waals surface area (Å²) in [5, 5.41) is 24.5. The van der Waals surface area contributed by atoms with Crippen LogP contribution in [0.25, 0.3) is 0 Å². The van der Waals surface area contributed by atoms with Crippen molar-refractivity contribution in [2.24, 2.45) is 0 Å². The Labute approximate surface area is 130 Å². The minimum atomic E-state index is -1.23. The van der Waals surface area contributed by atoms with Gasteiger partial charge in [-0.2, -0.15) is 0 Å². The average Bonchev–Trinajstić information content (AvgIpc) is 3.28. The molecule has 3 N–H and O–H groups in total. The molecule has 1 unspecified atom stereocenters. The van der Waals surface area contributed by atoms with E-state index in [9.17, 15) is 24.5 Å². The minimum absolute atomic E-state index is 0.0400. The maximum Gasteiger partial charge on any atom is 0.329 e. The van der Waals surface area contributed by atoms with Crippen LogP contribution >= 0.6 is 0 Å². The molecule has 9 nitrogen and oxygen atoms in total. The molecule has 1 aliphatic carbocycles. The van der Waals surface area contributed by atoms with E-state index in [0.717, 1.165) is 6.07 Å². The van der Waals surface area contributed by atoms with E-state index in [2.05, 4.69) is 10.6 Å². The maximum atomic E-state index is 12.0. The normalized spacial score (nSPS) is 16.0. The number of rotatable bonds is 6. The molecule has 0 bridgehead atoms. The maximum absolute atomic E-state index is 12.0. The molecule has 1 atom stereocenters. The minimum Gasteiger partial charge on any atom is -0.480 e. The lowest BCUT2D eigenvalue weighted by Crippen LogP contribution is -2.51. The number of nitro benzene ring substituents is 1. The summed E-state index contributed by atoms with van der Waals surface area (Å²) in [6.45, 7) is 1.41. The highest BCUT2D eigenvalue weighted by Crippen LogP contribution is 2.35. The number of non-ortho nitro benzene ring substituents is 1. The van der Waals surface area contributed by atoms with Gasteiger partial charge in [0.25, 0.3) is 11.6 Å². The summed E-state index contributed by atoms with van der Waals surface area (Å²) >= 11 is 0. The Kier molecular flexibility index (Phi) is 4.30. The van der Waals surface area contributed by atoms with Crippen LogP contribution in [0.1, 0.15) is 30.1 Å². The zero-order valence-electron chi connectivity index (χ0n) is 12.2. The first kappa shape index (κ1) is 16.4. The number of nitrogens with zero attached hydrogens (tertiary/aromatic N) is 1. The number of amides is 2. The molecule has 1 saturated carbocycles. The van der Waals surface area contributed by atoms with Gasteiger partial charge in [-0.05, 0) is 25.8 Å². The Bertz CT molecular complexity index is 683. The van der Waals surface area contributed by atoms with Crippen LogP contribution in [0.15, 0.2) is 24.3 Å². The Morgan fingerprint density at radius 3 is 2.52 bits per heavy atom. The fourth-order valence-corrected chi connectivity index (χ4v) is 1.97. The summed E-state index contributed by atoms with van der Waals surface area (Å²) in [5.74, 6) is -2.39. The number of carbonyl (C=O) groups excluding carboxylic acids is 2. The quantitative estimate of drug-likeness (QED) is 0.513. The van der Waals surface area contributed by atoms with Gasteiger partial charge in [0.2, 0.25) is 5.91 Å². The lowest BCUT2D eigenvalue weighted by atomic mass is 10.1. The van der Waals surface area contributed by atoms with Crippen LogP contribution in [0, 0.1) is 10.1 Å². The van der Waals surface area contributed by atoms with E-state index in [1.165, 1.54) is 25.1 Å². The zero-order chi connectivity index (χ0) is 17.2. The lowest BCUT2D eigenvalue weighted by molar-refractivity contribution is -0.384. The third-order valence-electron chi connectivity index (χ3n) is 3.58. The number of carboxylic acid groups (broad SMARTS) is 1. The molecule has 1 fully saturated rings. The average molecular weight is 321 g/mol. The Balaban J connectivity index is 1.99. The van der Waals surface area contributed by atoms with E-state index in [-0.39, 0.29) is 11.3 Å². The van der Waals surface area contributed by atoms with Crippen LogP contribution in [-0.2, 0) is 9.59 Å². The topological polar surface area (TPSA) is 139 Å². The van der Waals surface area contributed by atoms with E-state index < -0.39 is 34.3 Å². The van der Waals surface area contributed by atoms with Gasteiger partial charge in [-0.1, -0.05) is 6.07 Å². The second-order valence-electron chi connectivity index (χ2n) is 5.38. The standard InChI is InChI=1S/C14H15N3O6/c1-8(11(18)16-14(5-6-14)13(20)21)15-12(19)9-3-2-4-10(7-9)17(22)23/h2-4,7-8H,5-6H2,1H3,(H,15,19)(H,16,18)(H,20,21). The van der Waals surface area contributed by atoms with E-state index in [1.807, 2.05) is 0 Å². The highest BCUT2D eigenvalue weighted by Gasteiger charge is 2.52. The lowest BCUT2D eigenvalue weighted by Gasteiger charge is -2.18. The predicted octanol–water partition coefficient (Wildman–Crippen LogP) is 0.446. The SMILES string of the molecule is CC(NC(=O)c1cccc([N+](=O)[O-])c1)C(=O)NC1(C(=O)O)CC1. The Hall–Kier alpha value is -2.97. The van der Waals surface area contributed by atoms with Crippen molar-refractivity contribution in [3.8, 4) is 0 Å². The molecular weight excluding hydrogens is 306 g/mol. The van der Waals surface area contributed by atoms with Gasteiger partial charge in [0.15, 0.2) is 0 Å². The van der Waals surface area contributed by atoms with E-state index >= 15 is 0 Å². The first-order chi connectivity index (χ1) is 10.7. The van der Waals surface area contributed by atoms with Crippen molar-refractivity contribution in [3.05, 3.63) is 39.9 Å². The van der Waals surface area contributed by atoms with Gasteiger partial charge in [0.05, 0.1) is 4.92 Å². The van der Waals surface area contributed by atoms with Crippen molar-refractivity contribution in [2.45, 2.75) is 31.3 Å². The molecule has 0 spiro atoms. The van der Waals surface area contributed by atoms with Crippen molar-refractivity contribution in [2.75, 3.05) is 0 Å². The molecule has 2 amide bonds. The van der Waals surface area contributed by atoms with Gasteiger partial charge < -0.3 is 15.7 Å². The van der Waals surface area contributed by atoms with Gasteiger partial charge >= 0.3 is 5.97 Å². The summed E-state index contributed by atoms with van der Waals surface area (Å²) in [6.07, 6.45) is 0.694. The van der Waals surface area contributed by atoms with Crippen molar-refractivity contribution in [1.29, 1.82) is 0 Å². The fraction of sp³-hybridized carbons (Fsp3) is 0.357. The summed E-state index contributed by atoms with van der Waals surface area (Å²) < 4.78 is 0. The number of hydrogen-bond acceptors (Lipinski definition) is 5. The van der Waals surface area contributed by atoms with Gasteiger partial charge in [-0.15, -0.1) is 0 Å². The van der Waals surface area contributed by atoms with Gasteiger partial charge in [-0.25, -0.2) is 4.79 Å². The summed E-state index contributed by atoms with van der Waals surface area (Å²) in [4.78, 5) is 45.0. The molecule has 23 heavy (non-hydrogen) atoms. The number of hydrogen-bond donors (Lipinski definition) is 3. The summed E-state index contributed by atoms with van der Waals surface area (Å²) in [5.41, 5.74) is -1.43. The highest BCUT2D eigenvalue weighted by molar-refractivity contribution is 5.99. The predicted molar refractivity (Wildman–Crippen MR) is 77.8 cm³/mol. The van der Waals surface area contributed by atoms with Crippen molar-refractivity contribution in [3.63, 3.8) is 0 Å². The first-order valence-corrected chi connectivity index (χ1v) is 6.86. The first-order valence-electron chi connectivity index (χ1n) is 6.86. The molecule has 9 heteroatoms. The zero-order valence-corrected chi connectivity index (χ0v) is 12.2. The Morgan fingerprint density at radius 2 is 2.00 bits per heavy atom. The highest BCUT2D eigenvalue weighted by atomic mass is 16.6. The molecule has 1 aromatic rings. The molecule has 122 valence electrons. The van der Waals surface area contributed by atoms with Gasteiger partial charge in [0.1, 0.15) is 11.6 Å². The number of nitrogens with one attached hydrogen (secondary N) is 2. The summed E-state index contributed by atoms with van der Waals surface area (Å²) in [6, 6.07) is 4.11. The second kappa shape index (κ2) is 6.03. The molecule has 1 aromatic carbocycles. The number of benzene rings is 1. The fourth-order valence-electron chi connectivity index (χ4n) is 1.97. The van der Waals surface area contributed by atoms with Crippen LogP contribution in [0.5, 0.6) is 0 Å². The van der Waals surface area contributed by atoms with E-state index in [1.54, 1.807) is 0 Å². The largest absolute Gasteiger partial charge is 0.480 e. The van der Waals surface area contributed by atoms with E-state index in [0.29, 0.717) is 12.8 Å². The van der Waals surface area contributed by atoms with Gasteiger partial charge in [0, 0.05) is 17.7 Å². The molecule has 0 radical (unpaired) electrons. The van der Waals surface area contributed by atoms with Crippen LogP contribution in [0.4, 0.5) is 5.69 Å². The van der Waals surface area contributed by atoms with Crippen molar-refractivity contribution < 1.29 is 24.4 Å². The van der Waals surface area contributed by atoms with Crippen LogP contribution in [0.2, 0.25) is 0 Å². The number of carboxylic acids is 1. The Morgan fingerprint density at radius 1 is 1.35 bits per heavy atom. The number of nitro groups is 1. The molecular formula is C14H15N3O6. The molecule has 2 rings (SSSR count). The van der Waals surface area contributed by atoms with E-state index in [4.69, 9.17) is 5.11 Å². The van der Waals surface area contributed by atoms with Crippen molar-refractivity contribution in [1.82, 2.24) is 10.6 Å². The molecule has 0 aliphatic heterocycles. The number of aliphatic carboxylic acids is 1. The molecule has 0 saturated heterocycles.